The fourth-order valence-corrected chi connectivity index (χ4v) is 14.8. The van der Waals surface area contributed by atoms with E-state index in [1.165, 1.54) is 175 Å². The number of aromatic nitrogens is 3. The number of hydrogen-bond donors (Lipinski definition) is 6. The molecule has 10 rings (SSSR count). The minimum absolute atomic E-state index is 0.000623. The zero-order valence-corrected chi connectivity index (χ0v) is 83.4. The average molecular weight is 2190 g/mol. The molecule has 0 radical (unpaired) electrons. The maximum absolute atomic E-state index is 12.0. The number of nitro benzene ring substituents is 7. The Balaban J connectivity index is 0.000000359. The van der Waals surface area contributed by atoms with Gasteiger partial charge < -0.3 is 35.4 Å². The third-order valence-electron chi connectivity index (χ3n) is 19.1. The van der Waals surface area contributed by atoms with E-state index in [4.69, 9.17) is 8.92 Å². The zero-order chi connectivity index (χ0) is 110. The Hall–Kier alpha value is -13.5. The van der Waals surface area contributed by atoms with Gasteiger partial charge >= 0.3 is 0 Å². The molecule has 0 bridgehead atoms. The molecule has 0 spiro atoms. The van der Waals surface area contributed by atoms with Gasteiger partial charge in [-0.25, -0.2) is 4.68 Å². The summed E-state index contributed by atoms with van der Waals surface area (Å²) in [6.45, 7) is -0.185. The topological polar surface area (TPSA) is 775 Å². The Morgan fingerprint density at radius 2 is 0.769 bits per heavy atom. The molecule has 147 heavy (non-hydrogen) atoms. The summed E-state index contributed by atoms with van der Waals surface area (Å²) in [6.07, 6.45) is -2.00. The first-order valence-corrected chi connectivity index (χ1v) is 52.9. The number of rotatable bonds is 48. The molecule has 9 aromatic rings. The van der Waals surface area contributed by atoms with Crippen molar-refractivity contribution >= 4 is 118 Å². The second-order valence-corrected chi connectivity index (χ2v) is 41.3. The first kappa shape index (κ1) is 126. The van der Waals surface area contributed by atoms with Crippen molar-refractivity contribution in [3.05, 3.63) is 333 Å². The molecule has 0 aliphatic carbocycles. The standard InChI is InChI=1S/C18H19NO6S.C13H16N4O6S.C12H15NO8S.C12H15NO6S.C11H9F2NO3.C11H15NO7S.C10H13NO6S/c1-14-4-10-18(11-5-14)26(23,24)25-12-2-3-17(20)13-15-6-8-16(9-7-15)19(21)22;1-24(21,22)23-9-13(8-18)16-7-11(14-15-16)6-10-2-4-12(5-3-10)17(19)20;1-22(18,19)20-6-9-10(14)11(15)12(21-9)7-2-4-8(5-3-7)13(16)17;1-20(17,18)19-8-2-3-12(14)9-10-4-6-11(7-5-10)13(15)16;12-11(13)6-5-10(15)7-8-1-3-9(4-2-8)14(16)17;1-20(17,18)19-7-11(14)10(13)6-8-2-4-9(5-3-8)12(15)16;1-18(15,16)17-7-10(12)6-8-2-4-9(5-3-8)11(13)14/h4-11H,2-3,12-13H2,1H3;2-5,7,13,18H,6,8-9H2,1H3;2-5,9-12,14-15H,6H2,1H3;4-7H,2-3,8-9H2,1H3;1-4,6H,5,7H2;2-5,10-11,13-14H,6-7H2,1H3;2-5,10,12H,6-7H2,1H3. The first-order chi connectivity index (χ1) is 68.5. The van der Waals surface area contributed by atoms with E-state index in [0.29, 0.717) is 58.0 Å². The number of halogens is 2. The van der Waals surface area contributed by atoms with E-state index in [-0.39, 0.29) is 153 Å². The molecule has 1 aliphatic rings. The second kappa shape index (κ2) is 60.6. The summed E-state index contributed by atoms with van der Waals surface area (Å²) in [5.41, 5.74) is 5.54. The van der Waals surface area contributed by atoms with E-state index in [9.17, 15) is 175 Å². The summed E-state index contributed by atoms with van der Waals surface area (Å²) >= 11 is 0. The number of carbonyl (C=O) groups excluding carboxylic acids is 3. The highest BCUT2D eigenvalue weighted by molar-refractivity contribution is 7.87. The van der Waals surface area contributed by atoms with Gasteiger partial charge in [-0.15, -0.1) is 5.10 Å². The van der Waals surface area contributed by atoms with Crippen LogP contribution < -0.4 is 0 Å². The summed E-state index contributed by atoms with van der Waals surface area (Å²) in [5, 5.41) is 139. The molecule has 6 N–H and O–H groups in total. The van der Waals surface area contributed by atoms with Gasteiger partial charge in [0.2, 0.25) is 0 Å². The predicted molar refractivity (Wildman–Crippen MR) is 513 cm³/mol. The highest BCUT2D eigenvalue weighted by Gasteiger charge is 2.44. The largest absolute Gasteiger partial charge is 0.394 e. The molecule has 0 saturated carbocycles. The molecule has 0 amide bonds. The van der Waals surface area contributed by atoms with Gasteiger partial charge in [-0.1, -0.05) is 95.7 Å². The van der Waals surface area contributed by atoms with E-state index in [1.807, 2.05) is 6.92 Å². The van der Waals surface area contributed by atoms with Gasteiger partial charge in [-0.3, -0.25) is 110 Å². The van der Waals surface area contributed by atoms with E-state index in [0.717, 1.165) is 42.4 Å². The van der Waals surface area contributed by atoms with Crippen LogP contribution in [-0.4, -0.2) is 262 Å². The first-order valence-electron chi connectivity index (χ1n) is 42.4. The number of ether oxygens (including phenoxy) is 1. The van der Waals surface area contributed by atoms with Gasteiger partial charge in [-0.2, -0.15) is 59.3 Å². The maximum Gasteiger partial charge on any atom is 0.296 e. The van der Waals surface area contributed by atoms with E-state index in [1.54, 1.807) is 30.5 Å². The van der Waals surface area contributed by atoms with Crippen LogP contribution in [0.4, 0.5) is 48.6 Å². The zero-order valence-electron chi connectivity index (χ0n) is 78.5. The molecule has 52 nitrogen and oxygen atoms in total. The fraction of sp³-hybridized carbons (Fsp3) is 0.368. The van der Waals surface area contributed by atoms with Crippen molar-refractivity contribution in [2.24, 2.45) is 0 Å². The van der Waals surface area contributed by atoms with Crippen LogP contribution in [0.2, 0.25) is 0 Å². The molecule has 1 aromatic heterocycles. The van der Waals surface area contributed by atoms with Crippen molar-refractivity contribution < 1.29 is 169 Å². The van der Waals surface area contributed by atoms with Crippen molar-refractivity contribution in [2.75, 3.05) is 77.5 Å². The van der Waals surface area contributed by atoms with Gasteiger partial charge in [0.15, 0.2) is 0 Å². The summed E-state index contributed by atoms with van der Waals surface area (Å²) in [6, 6.07) is 45.0. The van der Waals surface area contributed by atoms with Gasteiger partial charge in [0.1, 0.15) is 53.9 Å². The molecule has 802 valence electrons. The van der Waals surface area contributed by atoms with Gasteiger partial charge in [0, 0.05) is 149 Å². The summed E-state index contributed by atoms with van der Waals surface area (Å²) in [4.78, 5) is 105. The predicted octanol–water partition coefficient (Wildman–Crippen LogP) is 7.87. The summed E-state index contributed by atoms with van der Waals surface area (Å²) in [5.74, 6) is -0.530. The number of benzene rings is 8. The summed E-state index contributed by atoms with van der Waals surface area (Å²) < 4.78 is 190. The number of aliphatic hydroxyl groups excluding tert-OH is 6. The maximum atomic E-state index is 12.0. The van der Waals surface area contributed by atoms with Crippen LogP contribution in [0.1, 0.15) is 94.5 Å². The van der Waals surface area contributed by atoms with Crippen molar-refractivity contribution in [1.82, 2.24) is 15.0 Å². The highest BCUT2D eigenvalue weighted by Crippen LogP contribution is 2.35. The molecule has 8 unspecified atom stereocenters. The SMILES string of the molecule is CS(=O)(=O)OCC(CO)n1cc(Cc2ccc([N+](=O)[O-])cc2)nn1.CS(=O)(=O)OCC(O)C(O)Cc1ccc([N+](=O)[O-])cc1.CS(=O)(=O)OCC(O)Cc1ccc([N+](=O)[O-])cc1.CS(=O)(=O)OCC1OC(c2ccc([N+](=O)[O-])cc2)C(O)C1O.CS(=O)(=O)OCCCC(=O)Cc1ccc([N+](=O)[O-])cc1.Cc1ccc(S(=O)(=O)OCCCC(=O)Cc2ccc([N+](=O)[O-])cc2)cc1.O=C(CC=C(F)F)Cc1ccc([N+](=O)[O-])cc1. The lowest BCUT2D eigenvalue weighted by molar-refractivity contribution is -0.385. The van der Waals surface area contributed by atoms with Gasteiger partial charge in [-0.05, 0) is 89.1 Å². The van der Waals surface area contributed by atoms with Crippen LogP contribution >= 0.6 is 0 Å². The van der Waals surface area contributed by atoms with E-state index in [2.05, 4.69) is 31.2 Å². The third kappa shape index (κ3) is 51.9. The Labute approximate surface area is 838 Å². The summed E-state index contributed by atoms with van der Waals surface area (Å²) in [7, 11) is -21.9. The number of nitro groups is 7. The molecule has 8 atom stereocenters. The highest BCUT2D eigenvalue weighted by atomic mass is 32.2. The molecule has 1 aliphatic heterocycles. The number of Topliss-reactive ketones (excluding diaryl/α,β-unsaturated/α-hetero) is 3. The van der Waals surface area contributed by atoms with Crippen molar-refractivity contribution in [2.45, 2.75) is 131 Å². The van der Waals surface area contributed by atoms with Crippen LogP contribution in [0, 0.1) is 77.7 Å². The van der Waals surface area contributed by atoms with Crippen molar-refractivity contribution in [3.8, 4) is 0 Å². The monoisotopic (exact) mass is 2190 g/mol. The lowest BCUT2D eigenvalue weighted by Crippen LogP contribution is -2.33. The number of aliphatic hydroxyl groups is 6. The number of hydrogen-bond acceptors (Lipinski definition) is 44. The number of aryl methyl sites for hydroxylation is 1. The number of carbonyl (C=O) groups is 3. The molecular formula is C87H102F2N10O42S6. The molecule has 2 heterocycles. The van der Waals surface area contributed by atoms with E-state index < -0.39 is 163 Å². The lowest BCUT2D eigenvalue weighted by Gasteiger charge is -2.17. The molecule has 8 aromatic carbocycles. The molecular weight excluding hydrogens is 2090 g/mol. The normalized spacial score (nSPS) is 14.7. The number of ketones is 3. The second-order valence-electron chi connectivity index (χ2n) is 31.5. The number of non-ortho nitro benzene ring substituents is 7. The van der Waals surface area contributed by atoms with Crippen LogP contribution in [0.25, 0.3) is 0 Å². The van der Waals surface area contributed by atoms with Crippen LogP contribution in [0.15, 0.2) is 217 Å². The van der Waals surface area contributed by atoms with Crippen LogP contribution in [-0.2, 0) is 143 Å². The number of allylic oxidation sites excluding steroid dienone is 1. The van der Waals surface area contributed by atoms with Crippen molar-refractivity contribution in [1.29, 1.82) is 0 Å². The van der Waals surface area contributed by atoms with Crippen LogP contribution in [0.5, 0.6) is 0 Å². The van der Waals surface area contributed by atoms with Gasteiger partial charge in [0.25, 0.3) is 107 Å². The fourth-order valence-electron chi connectivity index (χ4n) is 11.8. The average Bonchev–Trinajstić information content (AvgIpc) is 1.66. The molecule has 60 heteroatoms. The molecule has 1 saturated heterocycles. The Bertz CT molecular complexity index is 6650. The Morgan fingerprint density at radius 1 is 0.429 bits per heavy atom. The smallest absolute Gasteiger partial charge is 0.296 e. The minimum Gasteiger partial charge on any atom is -0.394 e. The van der Waals surface area contributed by atoms with Crippen molar-refractivity contribution in [3.63, 3.8) is 0 Å². The van der Waals surface area contributed by atoms with Crippen LogP contribution in [0.3, 0.4) is 0 Å². The Morgan fingerprint density at radius 3 is 1.14 bits per heavy atom. The Kier molecular flexibility index (Phi) is 51.8. The van der Waals surface area contributed by atoms with E-state index >= 15 is 0 Å². The minimum atomic E-state index is -3.82. The number of nitrogens with zero attached hydrogens (tertiary/aromatic N) is 10. The third-order valence-corrected chi connectivity index (χ3v) is 23.3. The van der Waals surface area contributed by atoms with Gasteiger partial charge in [0.05, 0.1) is 135 Å². The lowest BCUT2D eigenvalue weighted by atomic mass is 10.0. The molecule has 1 fully saturated rings. The quantitative estimate of drug-likeness (QED) is 0.00913.